The predicted molar refractivity (Wildman–Crippen MR) is 111 cm³/mol. The van der Waals surface area contributed by atoms with Crippen LogP contribution in [0.2, 0.25) is 0 Å². The fraction of sp³-hybridized carbons (Fsp3) is 0.455. The number of piperidine rings is 3. The van der Waals surface area contributed by atoms with E-state index >= 15 is 0 Å². The highest BCUT2D eigenvalue weighted by molar-refractivity contribution is 8.13. The van der Waals surface area contributed by atoms with Gasteiger partial charge in [-0.25, -0.2) is 0 Å². The largest absolute Gasteiger partial charge is 0.497 e. The van der Waals surface area contributed by atoms with Crippen molar-refractivity contribution in [3.8, 4) is 5.75 Å². The van der Waals surface area contributed by atoms with E-state index in [1.807, 2.05) is 24.4 Å². The average molecular weight is 383 g/mol. The van der Waals surface area contributed by atoms with Gasteiger partial charge in [0.15, 0.2) is 5.12 Å². The number of carbonyl (C=O) groups is 1. The van der Waals surface area contributed by atoms with Crippen LogP contribution in [-0.4, -0.2) is 41.2 Å². The number of pyridine rings is 1. The van der Waals surface area contributed by atoms with Crippen molar-refractivity contribution in [3.63, 3.8) is 0 Å². The van der Waals surface area contributed by atoms with Crippen LogP contribution < -0.4 is 4.74 Å². The van der Waals surface area contributed by atoms with Crippen LogP contribution in [0.25, 0.3) is 10.9 Å². The van der Waals surface area contributed by atoms with Crippen LogP contribution in [0.15, 0.2) is 43.1 Å². The summed E-state index contributed by atoms with van der Waals surface area (Å²) in [6.07, 6.45) is 6.33. The number of ether oxygens (including phenoxy) is 1. The molecule has 27 heavy (non-hydrogen) atoms. The van der Waals surface area contributed by atoms with Crippen molar-refractivity contribution >= 4 is 27.8 Å². The number of carbonyl (C=O) groups excluding carboxylic acids is 1. The molecule has 2 aromatic rings. The standard InChI is InChI=1S/C22H26N2O2S/c1-4-15-13-24-10-8-16(15)11-21(24)22(27-14(2)25)18-7-9-23-20-6-5-17(26-3)12-19(18)20/h4-7,9,12,15-16,21-22H,1,8,10-11,13H2,2-3H3/t15-,16-,21-,22+/m0/s1. The lowest BCUT2D eigenvalue weighted by atomic mass is 9.74. The number of nitrogens with zero attached hydrogens (tertiary/aromatic N) is 2. The van der Waals surface area contributed by atoms with Crippen molar-refractivity contribution in [2.75, 3.05) is 20.2 Å². The van der Waals surface area contributed by atoms with Crippen LogP contribution in [0.5, 0.6) is 5.75 Å². The molecule has 3 saturated heterocycles. The van der Waals surface area contributed by atoms with E-state index in [-0.39, 0.29) is 10.4 Å². The second-order valence-corrected chi connectivity index (χ2v) is 8.88. The highest BCUT2D eigenvalue weighted by atomic mass is 32.2. The number of methoxy groups -OCH3 is 1. The molecule has 3 aliphatic heterocycles. The third kappa shape index (κ3) is 3.50. The summed E-state index contributed by atoms with van der Waals surface area (Å²) >= 11 is 1.46. The molecule has 1 aromatic heterocycles. The van der Waals surface area contributed by atoms with Gasteiger partial charge in [-0.3, -0.25) is 14.7 Å². The van der Waals surface area contributed by atoms with Crippen LogP contribution in [0.4, 0.5) is 0 Å². The molecule has 142 valence electrons. The van der Waals surface area contributed by atoms with Gasteiger partial charge in [-0.15, -0.1) is 6.58 Å². The summed E-state index contributed by atoms with van der Waals surface area (Å²) in [4.78, 5) is 19.2. The molecular formula is C22H26N2O2S. The zero-order chi connectivity index (χ0) is 19.0. The molecule has 1 unspecified atom stereocenters. The van der Waals surface area contributed by atoms with E-state index in [0.29, 0.717) is 17.9 Å². The first kappa shape index (κ1) is 18.5. The third-order valence-electron chi connectivity index (χ3n) is 6.09. The van der Waals surface area contributed by atoms with Gasteiger partial charge >= 0.3 is 0 Å². The number of hydrogen-bond donors (Lipinski definition) is 0. The minimum Gasteiger partial charge on any atom is -0.497 e. The smallest absolute Gasteiger partial charge is 0.186 e. The topological polar surface area (TPSA) is 42.4 Å². The van der Waals surface area contributed by atoms with Crippen LogP contribution in [0.3, 0.4) is 0 Å². The van der Waals surface area contributed by atoms with Crippen LogP contribution in [0.1, 0.15) is 30.6 Å². The summed E-state index contributed by atoms with van der Waals surface area (Å²) < 4.78 is 5.44. The SMILES string of the molecule is C=C[C@H]1CN2CC[C@H]1C[C@H]2[C@H](SC(C)=O)c1ccnc2ccc(OC)cc12. The maximum absolute atomic E-state index is 12.1. The van der Waals surface area contributed by atoms with Gasteiger partial charge in [-0.1, -0.05) is 17.8 Å². The number of aromatic nitrogens is 1. The molecule has 5 heteroatoms. The Balaban J connectivity index is 1.76. The van der Waals surface area contributed by atoms with Crippen molar-refractivity contribution in [3.05, 3.63) is 48.7 Å². The fourth-order valence-corrected chi connectivity index (χ4v) is 5.87. The van der Waals surface area contributed by atoms with Crippen molar-refractivity contribution in [2.45, 2.75) is 31.1 Å². The molecular weight excluding hydrogens is 356 g/mol. The molecule has 0 spiro atoms. The van der Waals surface area contributed by atoms with E-state index in [0.717, 1.165) is 36.2 Å². The van der Waals surface area contributed by atoms with E-state index in [4.69, 9.17) is 4.74 Å². The first-order valence-corrected chi connectivity index (χ1v) is 10.4. The van der Waals surface area contributed by atoms with E-state index in [2.05, 4.69) is 28.6 Å². The third-order valence-corrected chi connectivity index (χ3v) is 7.24. The summed E-state index contributed by atoms with van der Waals surface area (Å²) in [5.74, 6) is 2.07. The highest BCUT2D eigenvalue weighted by Gasteiger charge is 2.43. The molecule has 1 aromatic carbocycles. The van der Waals surface area contributed by atoms with Crippen LogP contribution >= 0.6 is 11.8 Å². The lowest BCUT2D eigenvalue weighted by molar-refractivity contribution is -0.109. The van der Waals surface area contributed by atoms with Gasteiger partial charge in [0, 0.05) is 31.1 Å². The molecule has 4 nitrogen and oxygen atoms in total. The Kier molecular flexibility index (Phi) is 5.24. The van der Waals surface area contributed by atoms with Gasteiger partial charge in [-0.05, 0) is 61.1 Å². The number of rotatable bonds is 5. The van der Waals surface area contributed by atoms with Gasteiger partial charge < -0.3 is 4.74 Å². The Morgan fingerprint density at radius 3 is 2.96 bits per heavy atom. The lowest BCUT2D eigenvalue weighted by Crippen LogP contribution is -2.54. The number of hydrogen-bond acceptors (Lipinski definition) is 5. The fourth-order valence-electron chi connectivity index (χ4n) is 4.74. The molecule has 0 saturated carbocycles. The first-order valence-electron chi connectivity index (χ1n) is 9.57. The van der Waals surface area contributed by atoms with E-state index in [1.54, 1.807) is 14.0 Å². The van der Waals surface area contributed by atoms with Crippen molar-refractivity contribution in [2.24, 2.45) is 11.8 Å². The molecule has 3 fully saturated rings. The van der Waals surface area contributed by atoms with Gasteiger partial charge in [0.1, 0.15) is 5.75 Å². The molecule has 2 bridgehead atoms. The quantitative estimate of drug-likeness (QED) is 0.714. The summed E-state index contributed by atoms with van der Waals surface area (Å²) in [5, 5.41) is 1.35. The maximum atomic E-state index is 12.1. The van der Waals surface area contributed by atoms with Gasteiger partial charge in [0.2, 0.25) is 0 Å². The van der Waals surface area contributed by atoms with Crippen molar-refractivity contribution in [1.29, 1.82) is 0 Å². The Morgan fingerprint density at radius 2 is 2.30 bits per heavy atom. The maximum Gasteiger partial charge on any atom is 0.186 e. The highest BCUT2D eigenvalue weighted by Crippen LogP contribution is 2.47. The lowest BCUT2D eigenvalue weighted by Gasteiger charge is -2.51. The minimum absolute atomic E-state index is 0.105. The Labute approximate surface area is 165 Å². The predicted octanol–water partition coefficient (Wildman–Crippen LogP) is 4.46. The first-order chi connectivity index (χ1) is 13.1. The number of fused-ring (bicyclic) bond motifs is 4. The summed E-state index contributed by atoms with van der Waals surface area (Å²) in [6.45, 7) is 7.87. The van der Waals surface area contributed by atoms with Gasteiger partial charge in [0.05, 0.1) is 17.9 Å². The molecule has 0 N–H and O–H groups in total. The van der Waals surface area contributed by atoms with Crippen LogP contribution in [-0.2, 0) is 4.79 Å². The average Bonchev–Trinajstić information content (AvgIpc) is 2.71. The second kappa shape index (κ2) is 7.64. The van der Waals surface area contributed by atoms with E-state index in [1.165, 1.54) is 23.7 Å². The molecule has 3 aliphatic rings. The molecule has 0 aliphatic carbocycles. The second-order valence-electron chi connectivity index (χ2n) is 7.56. The molecule has 5 rings (SSSR count). The van der Waals surface area contributed by atoms with Crippen molar-refractivity contribution < 1.29 is 9.53 Å². The zero-order valence-corrected chi connectivity index (χ0v) is 16.7. The van der Waals surface area contributed by atoms with Gasteiger partial charge in [0.25, 0.3) is 0 Å². The minimum atomic E-state index is 0.105. The molecule has 5 atom stereocenters. The normalized spacial score (nSPS) is 28.1. The van der Waals surface area contributed by atoms with E-state index < -0.39 is 0 Å². The zero-order valence-electron chi connectivity index (χ0n) is 15.9. The summed E-state index contributed by atoms with van der Waals surface area (Å²) in [5.41, 5.74) is 2.13. The molecule has 0 amide bonds. The number of benzene rings is 1. The van der Waals surface area contributed by atoms with Gasteiger partial charge in [-0.2, -0.15) is 0 Å². The Hall–Kier alpha value is -1.85. The molecule has 4 heterocycles. The summed E-state index contributed by atoms with van der Waals surface area (Å²) in [7, 11) is 1.68. The Bertz CT molecular complexity index is 869. The monoisotopic (exact) mass is 382 g/mol. The Morgan fingerprint density at radius 1 is 1.44 bits per heavy atom. The number of thioether (sulfide) groups is 1. The molecule has 0 radical (unpaired) electrons. The van der Waals surface area contributed by atoms with Crippen molar-refractivity contribution in [1.82, 2.24) is 9.88 Å². The summed E-state index contributed by atoms with van der Waals surface area (Å²) in [6, 6.07) is 8.43. The van der Waals surface area contributed by atoms with E-state index in [9.17, 15) is 4.79 Å². The van der Waals surface area contributed by atoms with Crippen LogP contribution in [0, 0.1) is 11.8 Å².